The molecule has 0 aromatic carbocycles. The lowest BCUT2D eigenvalue weighted by molar-refractivity contribution is -0.163. The van der Waals surface area contributed by atoms with Crippen LogP contribution in [0.2, 0.25) is 0 Å². The first-order valence-corrected chi connectivity index (χ1v) is 9.20. The van der Waals surface area contributed by atoms with Crippen LogP contribution >= 0.6 is 0 Å². The van der Waals surface area contributed by atoms with Gasteiger partial charge in [-0.3, -0.25) is 4.79 Å². The molecule has 0 aromatic rings. The number of carbonyl (C=O) groups excluding carboxylic acids is 1. The van der Waals surface area contributed by atoms with E-state index in [4.69, 9.17) is 0 Å². The van der Waals surface area contributed by atoms with Crippen LogP contribution in [0.4, 0.5) is 0 Å². The number of ketones is 1. The summed E-state index contributed by atoms with van der Waals surface area (Å²) in [4.78, 5) is 13.4. The maximum Gasteiger partial charge on any atom is 0.145 e. The zero-order chi connectivity index (χ0) is 16.3. The lowest BCUT2D eigenvalue weighted by atomic mass is 9.57. The van der Waals surface area contributed by atoms with Crippen LogP contribution in [0.25, 0.3) is 0 Å². The largest absolute Gasteiger partial charge is 0.389 e. The van der Waals surface area contributed by atoms with Crippen LogP contribution in [0.5, 0.6) is 0 Å². The summed E-state index contributed by atoms with van der Waals surface area (Å²) in [5, 5.41) is 11.9. The van der Waals surface area contributed by atoms with Crippen molar-refractivity contribution in [1.82, 2.24) is 0 Å². The van der Waals surface area contributed by atoms with Crippen molar-refractivity contribution >= 4 is 5.78 Å². The fraction of sp³-hybridized carbons (Fsp3) is 0.950. The molecule has 6 atom stereocenters. The standard InChI is InChI=1S/C20H32O2/c1-16(2)12-7-10-19(16,6)20(22,11-12)14-13-8-9-18(5,15(14)21)17(13,3)4/h12-14,22H,7-11H2,1-6H3. The fourth-order valence-corrected chi connectivity index (χ4v) is 7.44. The molecule has 1 N–H and O–H groups in total. The second-order valence-electron chi connectivity index (χ2n) is 10.5. The van der Waals surface area contributed by atoms with Crippen molar-refractivity contribution in [1.29, 1.82) is 0 Å². The minimum absolute atomic E-state index is 0.0345. The van der Waals surface area contributed by atoms with Crippen molar-refractivity contribution < 1.29 is 9.90 Å². The molecule has 4 aliphatic rings. The number of carbonyl (C=O) groups is 1. The first-order valence-electron chi connectivity index (χ1n) is 9.20. The number of rotatable bonds is 1. The molecule has 0 radical (unpaired) electrons. The van der Waals surface area contributed by atoms with E-state index in [0.717, 1.165) is 25.7 Å². The second-order valence-corrected chi connectivity index (χ2v) is 10.5. The summed E-state index contributed by atoms with van der Waals surface area (Å²) in [5.41, 5.74) is -0.930. The Hall–Kier alpha value is -0.370. The smallest absolute Gasteiger partial charge is 0.145 e. The van der Waals surface area contributed by atoms with Crippen LogP contribution in [0, 0.1) is 39.4 Å². The third kappa shape index (κ3) is 1.19. The Morgan fingerprint density at radius 3 is 2.00 bits per heavy atom. The molecule has 124 valence electrons. The Balaban J connectivity index is 1.83. The fourth-order valence-electron chi connectivity index (χ4n) is 7.44. The van der Waals surface area contributed by atoms with Gasteiger partial charge in [-0.25, -0.2) is 0 Å². The zero-order valence-corrected chi connectivity index (χ0v) is 15.1. The maximum atomic E-state index is 13.4. The van der Waals surface area contributed by atoms with Gasteiger partial charge in [0.25, 0.3) is 0 Å². The minimum atomic E-state index is -0.781. The van der Waals surface area contributed by atoms with Crippen molar-refractivity contribution in [3.8, 4) is 0 Å². The van der Waals surface area contributed by atoms with Crippen molar-refractivity contribution in [2.45, 2.75) is 79.2 Å². The van der Waals surface area contributed by atoms with Crippen molar-refractivity contribution in [3.63, 3.8) is 0 Å². The summed E-state index contributed by atoms with van der Waals surface area (Å²) >= 11 is 0. The molecule has 0 aliphatic heterocycles. The molecule has 0 heterocycles. The van der Waals surface area contributed by atoms with Gasteiger partial charge < -0.3 is 5.11 Å². The average molecular weight is 304 g/mol. The summed E-state index contributed by atoms with van der Waals surface area (Å²) in [6, 6.07) is 0. The topological polar surface area (TPSA) is 37.3 Å². The van der Waals surface area contributed by atoms with E-state index in [-0.39, 0.29) is 27.6 Å². The monoisotopic (exact) mass is 304 g/mol. The van der Waals surface area contributed by atoms with Gasteiger partial charge in [0.15, 0.2) is 0 Å². The first kappa shape index (κ1) is 15.2. The van der Waals surface area contributed by atoms with Crippen molar-refractivity contribution in [3.05, 3.63) is 0 Å². The number of hydrogen-bond acceptors (Lipinski definition) is 2. The average Bonchev–Trinajstić information content (AvgIpc) is 2.89. The molecule has 22 heavy (non-hydrogen) atoms. The molecule has 0 saturated heterocycles. The van der Waals surface area contributed by atoms with Crippen molar-refractivity contribution in [2.24, 2.45) is 39.4 Å². The molecule has 4 fully saturated rings. The Kier molecular flexibility index (Phi) is 2.52. The van der Waals surface area contributed by atoms with Gasteiger partial charge in [0.05, 0.1) is 11.5 Å². The van der Waals surface area contributed by atoms with Gasteiger partial charge in [-0.05, 0) is 54.8 Å². The van der Waals surface area contributed by atoms with Crippen LogP contribution in [0.3, 0.4) is 0 Å². The molecule has 2 heteroatoms. The highest BCUT2D eigenvalue weighted by atomic mass is 16.3. The Morgan fingerprint density at radius 2 is 1.59 bits per heavy atom. The van der Waals surface area contributed by atoms with E-state index in [1.807, 2.05) is 0 Å². The molecule has 0 aromatic heterocycles. The van der Waals surface area contributed by atoms with E-state index in [2.05, 4.69) is 41.5 Å². The number of aliphatic hydroxyl groups is 1. The van der Waals surface area contributed by atoms with Crippen LogP contribution in [-0.4, -0.2) is 16.5 Å². The van der Waals surface area contributed by atoms with Gasteiger partial charge in [0, 0.05) is 10.8 Å². The van der Waals surface area contributed by atoms with Crippen LogP contribution < -0.4 is 0 Å². The molecule has 6 unspecified atom stereocenters. The molecule has 2 nitrogen and oxygen atoms in total. The highest BCUT2D eigenvalue weighted by Gasteiger charge is 2.78. The molecular weight excluding hydrogens is 272 g/mol. The van der Waals surface area contributed by atoms with E-state index in [1.165, 1.54) is 6.42 Å². The summed E-state index contributed by atoms with van der Waals surface area (Å²) < 4.78 is 0. The van der Waals surface area contributed by atoms with Crippen LogP contribution in [-0.2, 0) is 4.79 Å². The molecular formula is C20H32O2. The second kappa shape index (κ2) is 3.66. The molecule has 4 aliphatic carbocycles. The van der Waals surface area contributed by atoms with Gasteiger partial charge in [-0.15, -0.1) is 0 Å². The highest BCUT2D eigenvalue weighted by molar-refractivity contribution is 5.93. The van der Waals surface area contributed by atoms with E-state index in [1.54, 1.807) is 0 Å². The normalized spacial score (nSPS) is 57.8. The van der Waals surface area contributed by atoms with Crippen LogP contribution in [0.15, 0.2) is 0 Å². The Bertz CT molecular complexity index is 562. The molecule has 0 spiro atoms. The maximum absolute atomic E-state index is 13.4. The summed E-state index contributed by atoms with van der Waals surface area (Å²) in [6.07, 6.45) is 5.27. The lowest BCUT2D eigenvalue weighted by Gasteiger charge is -2.50. The molecule has 4 bridgehead atoms. The van der Waals surface area contributed by atoms with Gasteiger partial charge in [0.1, 0.15) is 5.78 Å². The number of fused-ring (bicyclic) bond motifs is 4. The van der Waals surface area contributed by atoms with Crippen molar-refractivity contribution in [2.75, 3.05) is 0 Å². The summed E-state index contributed by atoms with van der Waals surface area (Å²) in [5.74, 6) is 1.18. The van der Waals surface area contributed by atoms with E-state index < -0.39 is 5.60 Å². The van der Waals surface area contributed by atoms with Gasteiger partial charge >= 0.3 is 0 Å². The minimum Gasteiger partial charge on any atom is -0.389 e. The number of Topliss-reactive ketones (excluding diaryl/α,β-unsaturated/α-hetero) is 1. The summed E-state index contributed by atoms with van der Waals surface area (Å²) in [6.45, 7) is 13.6. The Morgan fingerprint density at radius 1 is 0.955 bits per heavy atom. The van der Waals surface area contributed by atoms with Gasteiger partial charge in [0.2, 0.25) is 0 Å². The Labute approximate surface area is 135 Å². The molecule has 0 amide bonds. The van der Waals surface area contributed by atoms with Gasteiger partial charge in [-0.2, -0.15) is 0 Å². The molecule has 4 rings (SSSR count). The zero-order valence-electron chi connectivity index (χ0n) is 15.1. The third-order valence-corrected chi connectivity index (χ3v) is 10.00. The third-order valence-electron chi connectivity index (χ3n) is 10.00. The number of hydrogen-bond donors (Lipinski definition) is 1. The predicted octanol–water partition coefficient (Wildman–Crippen LogP) is 4.21. The van der Waals surface area contributed by atoms with E-state index >= 15 is 0 Å². The predicted molar refractivity (Wildman–Crippen MR) is 87.3 cm³/mol. The van der Waals surface area contributed by atoms with E-state index in [9.17, 15) is 9.90 Å². The van der Waals surface area contributed by atoms with Crippen LogP contribution in [0.1, 0.15) is 73.6 Å². The molecule has 4 saturated carbocycles. The highest BCUT2D eigenvalue weighted by Crippen LogP contribution is 2.76. The SMILES string of the molecule is CC12CCC(C(C3(O)CC4CCC3(C)C4(C)C)C1=O)C2(C)C. The first-order chi connectivity index (χ1) is 9.93. The van der Waals surface area contributed by atoms with Gasteiger partial charge in [-0.1, -0.05) is 41.5 Å². The lowest BCUT2D eigenvalue weighted by Crippen LogP contribution is -2.56. The van der Waals surface area contributed by atoms with E-state index in [0.29, 0.717) is 17.6 Å². The summed E-state index contributed by atoms with van der Waals surface area (Å²) in [7, 11) is 0. The quantitative estimate of drug-likeness (QED) is 0.788.